The van der Waals surface area contributed by atoms with Crippen LogP contribution in [0.2, 0.25) is 0 Å². The molecule has 0 unspecified atom stereocenters. The van der Waals surface area contributed by atoms with E-state index in [1.165, 1.54) is 0 Å². The summed E-state index contributed by atoms with van der Waals surface area (Å²) in [7, 11) is 0. The predicted molar refractivity (Wildman–Crippen MR) is 22.3 cm³/mol. The van der Waals surface area contributed by atoms with E-state index in [0.717, 1.165) is 12.8 Å². The van der Waals surface area contributed by atoms with E-state index < -0.39 is 11.4 Å². The minimum absolute atomic E-state index is 0.356. The minimum atomic E-state index is -1.40. The third-order valence-corrected chi connectivity index (χ3v) is 1.98. The molecule has 1 aliphatic carbocycles. The third-order valence-electron chi connectivity index (χ3n) is 1.10. The third kappa shape index (κ3) is 0.443. The Labute approximate surface area is 43.5 Å². The first-order chi connectivity index (χ1) is 3.31. The Morgan fingerprint density at radius 3 is 2.14 bits per heavy atom. The van der Waals surface area contributed by atoms with Crippen LogP contribution in [0, 0.1) is 0 Å². The standard InChI is InChI=1S/C3H4O3S/c4-7-5-3(6-7)1-2-3/h1-2H2. The summed E-state index contributed by atoms with van der Waals surface area (Å²) in [6.45, 7) is 0. The van der Waals surface area contributed by atoms with Crippen molar-refractivity contribution < 1.29 is 12.6 Å². The molecule has 1 aliphatic heterocycles. The van der Waals surface area contributed by atoms with E-state index >= 15 is 0 Å². The number of hydrogen-bond donors (Lipinski definition) is 0. The van der Waals surface area contributed by atoms with Crippen LogP contribution >= 0.6 is 0 Å². The van der Waals surface area contributed by atoms with Gasteiger partial charge in [-0.05, 0) is 0 Å². The molecular weight excluding hydrogens is 116 g/mol. The van der Waals surface area contributed by atoms with Crippen molar-refractivity contribution in [2.45, 2.75) is 18.6 Å². The van der Waals surface area contributed by atoms with Crippen molar-refractivity contribution in [3.8, 4) is 0 Å². The van der Waals surface area contributed by atoms with Crippen LogP contribution in [-0.2, 0) is 19.7 Å². The first-order valence-electron chi connectivity index (χ1n) is 2.12. The fourth-order valence-corrected chi connectivity index (χ4v) is 1.36. The van der Waals surface area contributed by atoms with Crippen molar-refractivity contribution in [3.05, 3.63) is 0 Å². The molecule has 1 saturated heterocycles. The van der Waals surface area contributed by atoms with Gasteiger partial charge in [0.15, 0.2) is 0 Å². The summed E-state index contributed by atoms with van der Waals surface area (Å²) >= 11 is -1.40. The van der Waals surface area contributed by atoms with Crippen LogP contribution in [-0.4, -0.2) is 10.00 Å². The second-order valence-corrected chi connectivity index (χ2v) is 2.52. The van der Waals surface area contributed by atoms with Crippen molar-refractivity contribution >= 4 is 11.4 Å². The van der Waals surface area contributed by atoms with Crippen LogP contribution in [0.3, 0.4) is 0 Å². The molecule has 0 N–H and O–H groups in total. The summed E-state index contributed by atoms with van der Waals surface area (Å²) in [4.78, 5) is 0. The lowest BCUT2D eigenvalue weighted by Crippen LogP contribution is -2.33. The fourth-order valence-electron chi connectivity index (χ4n) is 0.523. The molecule has 1 heterocycles. The first kappa shape index (κ1) is 4.00. The van der Waals surface area contributed by atoms with Gasteiger partial charge in [0.2, 0.25) is 5.79 Å². The maximum absolute atomic E-state index is 10.0. The molecule has 0 aromatic heterocycles. The number of rotatable bonds is 0. The average Bonchev–Trinajstić information content (AvgIpc) is 2.14. The van der Waals surface area contributed by atoms with Crippen molar-refractivity contribution in [1.29, 1.82) is 0 Å². The summed E-state index contributed by atoms with van der Waals surface area (Å²) in [6.07, 6.45) is 1.83. The van der Waals surface area contributed by atoms with E-state index in [1.807, 2.05) is 0 Å². The molecule has 0 bridgehead atoms. The summed E-state index contributed by atoms with van der Waals surface area (Å²) in [5.74, 6) is -0.356. The Morgan fingerprint density at radius 2 is 2.00 bits per heavy atom. The highest BCUT2D eigenvalue weighted by atomic mass is 32.2. The van der Waals surface area contributed by atoms with Gasteiger partial charge in [0.1, 0.15) is 0 Å². The summed E-state index contributed by atoms with van der Waals surface area (Å²) < 4.78 is 19.4. The van der Waals surface area contributed by atoms with Gasteiger partial charge < -0.3 is 0 Å². The molecule has 1 saturated carbocycles. The van der Waals surface area contributed by atoms with Gasteiger partial charge in [-0.2, -0.15) is 4.21 Å². The molecule has 0 radical (unpaired) electrons. The lowest BCUT2D eigenvalue weighted by molar-refractivity contribution is -0.0877. The molecule has 0 aromatic rings. The Kier molecular flexibility index (Phi) is 0.522. The Hall–Kier alpha value is 0.0700. The molecule has 0 atom stereocenters. The molecule has 3 nitrogen and oxygen atoms in total. The summed E-state index contributed by atoms with van der Waals surface area (Å²) in [5, 5.41) is 0. The molecule has 2 fully saturated rings. The molecule has 0 amide bonds. The van der Waals surface area contributed by atoms with Gasteiger partial charge >= 0.3 is 11.4 Å². The molecular formula is C3H4O3S. The highest BCUT2D eigenvalue weighted by molar-refractivity contribution is 7.76. The monoisotopic (exact) mass is 120 g/mol. The highest BCUT2D eigenvalue weighted by Crippen LogP contribution is 2.48. The highest BCUT2D eigenvalue weighted by Gasteiger charge is 2.57. The maximum Gasteiger partial charge on any atom is 0.310 e. The largest absolute Gasteiger partial charge is 0.310 e. The van der Waals surface area contributed by atoms with E-state index in [-0.39, 0.29) is 5.79 Å². The average molecular weight is 120 g/mol. The van der Waals surface area contributed by atoms with Gasteiger partial charge in [-0.25, -0.2) is 8.37 Å². The van der Waals surface area contributed by atoms with Crippen molar-refractivity contribution in [2.24, 2.45) is 0 Å². The molecule has 2 rings (SSSR count). The van der Waals surface area contributed by atoms with Crippen molar-refractivity contribution in [2.75, 3.05) is 0 Å². The van der Waals surface area contributed by atoms with E-state index in [2.05, 4.69) is 8.37 Å². The van der Waals surface area contributed by atoms with Crippen LogP contribution in [0.5, 0.6) is 0 Å². The van der Waals surface area contributed by atoms with E-state index in [1.54, 1.807) is 0 Å². The van der Waals surface area contributed by atoms with Crippen LogP contribution in [0.1, 0.15) is 12.8 Å². The molecule has 7 heavy (non-hydrogen) atoms. The van der Waals surface area contributed by atoms with Crippen LogP contribution in [0.15, 0.2) is 0 Å². The van der Waals surface area contributed by atoms with E-state index in [0.29, 0.717) is 0 Å². The molecule has 0 aromatic carbocycles. The quantitative estimate of drug-likeness (QED) is 0.455. The Morgan fingerprint density at radius 1 is 1.43 bits per heavy atom. The second-order valence-electron chi connectivity index (χ2n) is 1.78. The van der Waals surface area contributed by atoms with Gasteiger partial charge in [0.05, 0.1) is 0 Å². The second kappa shape index (κ2) is 0.913. The fraction of sp³-hybridized carbons (Fsp3) is 1.00. The van der Waals surface area contributed by atoms with Crippen LogP contribution in [0.4, 0.5) is 0 Å². The molecule has 1 spiro atoms. The SMILES string of the molecule is O=S1OC2(CC2)O1. The minimum Gasteiger partial charge on any atom is -0.232 e. The zero-order valence-corrected chi connectivity index (χ0v) is 4.36. The van der Waals surface area contributed by atoms with Gasteiger partial charge in [-0.3, -0.25) is 0 Å². The van der Waals surface area contributed by atoms with Crippen molar-refractivity contribution in [1.82, 2.24) is 0 Å². The van der Waals surface area contributed by atoms with E-state index in [4.69, 9.17) is 0 Å². The summed E-state index contributed by atoms with van der Waals surface area (Å²) in [6, 6.07) is 0. The van der Waals surface area contributed by atoms with Crippen LogP contribution < -0.4 is 0 Å². The van der Waals surface area contributed by atoms with Crippen LogP contribution in [0.25, 0.3) is 0 Å². The lowest BCUT2D eigenvalue weighted by Gasteiger charge is -2.22. The summed E-state index contributed by atoms with van der Waals surface area (Å²) in [5.41, 5.74) is 0. The molecule has 4 heteroatoms. The zero-order chi connectivity index (χ0) is 4.91. The van der Waals surface area contributed by atoms with Gasteiger partial charge in [-0.15, -0.1) is 0 Å². The zero-order valence-electron chi connectivity index (χ0n) is 3.55. The molecule has 40 valence electrons. The maximum atomic E-state index is 10.0. The smallest absolute Gasteiger partial charge is 0.232 e. The van der Waals surface area contributed by atoms with Gasteiger partial charge in [0.25, 0.3) is 0 Å². The lowest BCUT2D eigenvalue weighted by atomic mass is 10.7. The predicted octanol–water partition coefficient (Wildman–Crippen LogP) is 0.102. The normalized spacial score (nSPS) is 35.4. The van der Waals surface area contributed by atoms with Gasteiger partial charge in [0, 0.05) is 12.8 Å². The van der Waals surface area contributed by atoms with Crippen molar-refractivity contribution in [3.63, 3.8) is 0 Å². The van der Waals surface area contributed by atoms with Gasteiger partial charge in [-0.1, -0.05) is 0 Å². The topological polar surface area (TPSA) is 35.5 Å². The number of hydrogen-bond acceptors (Lipinski definition) is 3. The Balaban J connectivity index is 2.09. The Bertz CT molecular complexity index is 118. The van der Waals surface area contributed by atoms with E-state index in [9.17, 15) is 4.21 Å². The first-order valence-corrected chi connectivity index (χ1v) is 3.12. The molecule has 2 aliphatic rings.